The summed E-state index contributed by atoms with van der Waals surface area (Å²) in [5, 5.41) is 17.0. The summed E-state index contributed by atoms with van der Waals surface area (Å²) in [6, 6.07) is 15.0. The Morgan fingerprint density at radius 3 is 2.33 bits per heavy atom. The van der Waals surface area contributed by atoms with E-state index in [2.05, 4.69) is 68.6 Å². The van der Waals surface area contributed by atoms with Gasteiger partial charge in [0.15, 0.2) is 0 Å². The van der Waals surface area contributed by atoms with E-state index in [9.17, 15) is 29.1 Å². The normalized spacial score (nSPS) is 23.5. The minimum Gasteiger partial charge on any atom is -0.480 e. The molecule has 1 aliphatic carbocycles. The second-order valence-electron chi connectivity index (χ2n) is 21.1. The van der Waals surface area contributed by atoms with Crippen molar-refractivity contribution in [1.29, 1.82) is 0 Å². The molecule has 0 saturated carbocycles. The summed E-state index contributed by atoms with van der Waals surface area (Å²) >= 11 is 0. The number of aromatic nitrogens is 4. The number of anilines is 5. The van der Waals surface area contributed by atoms with Crippen molar-refractivity contribution in [1.82, 2.24) is 34.6 Å². The molecule has 0 spiro atoms. The van der Waals surface area contributed by atoms with Crippen LogP contribution < -0.4 is 30.1 Å². The molecule has 5 atom stereocenters. The first kappa shape index (κ1) is 47.2. The summed E-state index contributed by atoms with van der Waals surface area (Å²) in [5.41, 5.74) is 8.38. The fourth-order valence-electron chi connectivity index (χ4n) is 12.3. The van der Waals surface area contributed by atoms with Crippen molar-refractivity contribution >= 4 is 58.2 Å². The van der Waals surface area contributed by atoms with E-state index in [0.717, 1.165) is 68.1 Å². The summed E-state index contributed by atoms with van der Waals surface area (Å²) in [5.74, 6) is -0.703. The zero-order valence-corrected chi connectivity index (χ0v) is 41.6. The van der Waals surface area contributed by atoms with Crippen LogP contribution in [0.4, 0.5) is 28.7 Å². The van der Waals surface area contributed by atoms with Crippen LogP contribution in [-0.4, -0.2) is 128 Å². The summed E-state index contributed by atoms with van der Waals surface area (Å²) in [6.45, 7) is 15.2. The zero-order valence-electron chi connectivity index (χ0n) is 41.6. The smallest absolute Gasteiger partial charge is 0.276 e. The molecular weight excluding hydrogens is 915 g/mol. The van der Waals surface area contributed by atoms with Gasteiger partial charge in [0.05, 0.1) is 36.2 Å². The number of benzene rings is 1. The van der Waals surface area contributed by atoms with E-state index in [1.54, 1.807) is 43.5 Å². The number of carbonyl (C=O) groups excluding carboxylic acids is 5. The molecule has 9 heterocycles. The number of piperidine rings is 2. The number of piperazine rings is 1. The molecule has 18 heteroatoms. The molecule has 5 amide bonds. The van der Waals surface area contributed by atoms with Gasteiger partial charge in [-0.15, -0.1) is 0 Å². The number of aliphatic hydroxyl groups excluding tert-OH is 1. The van der Waals surface area contributed by atoms with E-state index < -0.39 is 35.8 Å². The maximum Gasteiger partial charge on any atom is 0.276 e. The van der Waals surface area contributed by atoms with Crippen molar-refractivity contribution in [2.75, 3.05) is 59.9 Å². The number of aliphatic hydroxyl groups is 1. The van der Waals surface area contributed by atoms with Crippen LogP contribution in [0.25, 0.3) is 11.1 Å². The van der Waals surface area contributed by atoms with Crippen molar-refractivity contribution in [3.63, 3.8) is 0 Å². The highest BCUT2D eigenvalue weighted by molar-refractivity contribution is 6.23. The quantitative estimate of drug-likeness (QED) is 0.140. The van der Waals surface area contributed by atoms with Gasteiger partial charge in [-0.25, -0.2) is 15.0 Å². The van der Waals surface area contributed by atoms with Gasteiger partial charge >= 0.3 is 0 Å². The second-order valence-corrected chi connectivity index (χ2v) is 21.1. The lowest BCUT2D eigenvalue weighted by Crippen LogP contribution is -2.58. The van der Waals surface area contributed by atoms with E-state index in [-0.39, 0.29) is 41.8 Å². The molecule has 0 radical (unpaired) electrons. The summed E-state index contributed by atoms with van der Waals surface area (Å²) in [6.07, 6.45) is 8.32. The summed E-state index contributed by atoms with van der Waals surface area (Å²) < 4.78 is 7.87. The van der Waals surface area contributed by atoms with Gasteiger partial charge in [0.1, 0.15) is 29.1 Å². The fourth-order valence-corrected chi connectivity index (χ4v) is 12.3. The maximum absolute atomic E-state index is 14.1. The molecule has 72 heavy (non-hydrogen) atoms. The molecule has 6 aliphatic rings. The zero-order chi connectivity index (χ0) is 50.3. The molecule has 3 fully saturated rings. The first-order valence-corrected chi connectivity index (χ1v) is 25.2. The number of rotatable bonds is 10. The van der Waals surface area contributed by atoms with Crippen LogP contribution in [0.1, 0.15) is 114 Å². The van der Waals surface area contributed by atoms with Crippen molar-refractivity contribution in [2.24, 2.45) is 5.41 Å². The lowest BCUT2D eigenvalue weighted by Gasteiger charge is -2.48. The average molecular weight is 976 g/mol. The lowest BCUT2D eigenvalue weighted by molar-refractivity contribution is -0.136. The number of hydrogen-bond acceptors (Lipinski definition) is 14. The predicted molar refractivity (Wildman–Crippen MR) is 271 cm³/mol. The molecule has 0 bridgehead atoms. The Morgan fingerprint density at radius 1 is 0.806 bits per heavy atom. The molecule has 3 N–H and O–H groups in total. The third-order valence-electron chi connectivity index (χ3n) is 15.7. The molecule has 18 nitrogen and oxygen atoms in total. The first-order valence-electron chi connectivity index (χ1n) is 25.2. The van der Waals surface area contributed by atoms with Crippen molar-refractivity contribution in [3.8, 4) is 17.0 Å². The summed E-state index contributed by atoms with van der Waals surface area (Å²) in [4.78, 5) is 89.5. The Kier molecular flexibility index (Phi) is 11.9. The van der Waals surface area contributed by atoms with E-state index in [0.29, 0.717) is 70.3 Å². The van der Waals surface area contributed by atoms with Crippen LogP contribution in [0.3, 0.4) is 0 Å². The van der Waals surface area contributed by atoms with E-state index in [4.69, 9.17) is 14.7 Å². The monoisotopic (exact) mass is 975 g/mol. The molecule has 3 saturated heterocycles. The Labute approximate surface area is 418 Å². The number of pyridine rings is 3. The van der Waals surface area contributed by atoms with Gasteiger partial charge in [0, 0.05) is 98.7 Å². The number of fused-ring (bicyclic) bond motifs is 4. The summed E-state index contributed by atoms with van der Waals surface area (Å²) in [7, 11) is 1.57. The van der Waals surface area contributed by atoms with Gasteiger partial charge < -0.3 is 29.5 Å². The Morgan fingerprint density at radius 2 is 1.60 bits per heavy atom. The van der Waals surface area contributed by atoms with E-state index >= 15 is 0 Å². The number of methoxy groups -OCH3 is 1. The highest BCUT2D eigenvalue weighted by Gasteiger charge is 2.45. The number of nitrogens with one attached hydrogen (secondary N) is 2. The third kappa shape index (κ3) is 8.23. The molecular formula is C54H61N11O7. The van der Waals surface area contributed by atoms with Gasteiger partial charge in [-0.3, -0.25) is 44.0 Å². The molecule has 374 valence electrons. The lowest BCUT2D eigenvalue weighted by atomic mass is 9.90. The minimum atomic E-state index is -0.994. The van der Waals surface area contributed by atoms with Gasteiger partial charge in [-0.1, -0.05) is 13.8 Å². The number of nitrogens with zero attached hydrogens (tertiary/aromatic N) is 9. The predicted octanol–water partition coefficient (Wildman–Crippen LogP) is 5.90. The Balaban J connectivity index is 0.731. The number of ether oxygens (including phenoxy) is 1. The average Bonchev–Trinajstić information content (AvgIpc) is 3.95. The molecule has 4 aromatic heterocycles. The van der Waals surface area contributed by atoms with E-state index in [1.165, 1.54) is 11.3 Å². The highest BCUT2D eigenvalue weighted by Crippen LogP contribution is 2.42. The SMILES string of the molecule is COc1ncc(-c2ccnc(N3CCn4c(cc5c4CC(C)(C)C5)C3=O)c2[C@@H](C)O)cc1Nc1ccc(N2CCN(C3CCN(c4ccc5c(c4)C(=O)N(C4CCC(=O)NC4=O)C5=O)[C@@H](C)C3)C[C@@H]2C)cn1. The maximum atomic E-state index is 14.1. The van der Waals surface area contributed by atoms with Gasteiger partial charge in [0.2, 0.25) is 17.7 Å². The second kappa shape index (κ2) is 18.1. The standard InChI is InChI=1S/C54H61N11O7/c1-30-21-35(14-16-61(30)36-7-9-39-40(24-36)52(70)65(51(39)69)42-10-12-46(67)59-49(42)68)60-17-18-62(31(2)29-60)37-8-11-45(56-28-37)58-41-22-34(27-57-50(41)72-6)38-13-15-55-48(47(38)32(3)66)64-20-19-63-43(53(64)71)23-33-25-54(4,5)26-44(33)63/h7-9,11,13,15,22-24,27-28,30-32,35,42,66H,10,12,14,16-21,25-26,29H2,1-6H3,(H,56,58)(H,59,67,68)/t30-,31-,32+,35?,42?/m0/s1. The van der Waals surface area contributed by atoms with Crippen molar-refractivity contribution < 1.29 is 33.8 Å². The van der Waals surface area contributed by atoms with Crippen LogP contribution in [0, 0.1) is 5.41 Å². The minimum absolute atomic E-state index is 0.0796. The fraction of sp³-hybridized carbons (Fsp3) is 0.444. The van der Waals surface area contributed by atoms with Crippen LogP contribution in [-0.2, 0) is 29.0 Å². The number of carbonyl (C=O) groups is 5. The first-order chi connectivity index (χ1) is 34.6. The van der Waals surface area contributed by atoms with Crippen LogP contribution in [0.15, 0.2) is 67.1 Å². The van der Waals surface area contributed by atoms with Gasteiger partial charge in [0.25, 0.3) is 17.7 Å². The van der Waals surface area contributed by atoms with Crippen LogP contribution >= 0.6 is 0 Å². The van der Waals surface area contributed by atoms with Crippen molar-refractivity contribution in [3.05, 3.63) is 101 Å². The topological polar surface area (TPSA) is 199 Å². The molecule has 11 rings (SSSR count). The van der Waals surface area contributed by atoms with Crippen molar-refractivity contribution in [2.45, 2.75) is 110 Å². The molecule has 5 aromatic rings. The molecule has 2 unspecified atom stereocenters. The van der Waals surface area contributed by atoms with E-state index in [1.807, 2.05) is 36.5 Å². The molecule has 5 aliphatic heterocycles. The third-order valence-corrected chi connectivity index (χ3v) is 15.7. The number of hydrogen-bond donors (Lipinski definition) is 3. The van der Waals surface area contributed by atoms with Crippen LogP contribution in [0.2, 0.25) is 0 Å². The van der Waals surface area contributed by atoms with Crippen LogP contribution in [0.5, 0.6) is 5.88 Å². The number of imide groups is 2. The Hall–Kier alpha value is -7.18. The number of amides is 5. The Bertz CT molecular complexity index is 3040. The van der Waals surface area contributed by atoms with Gasteiger partial charge in [-0.05, 0) is 118 Å². The van der Waals surface area contributed by atoms with Gasteiger partial charge in [-0.2, -0.15) is 0 Å². The largest absolute Gasteiger partial charge is 0.480 e. The highest BCUT2D eigenvalue weighted by atomic mass is 16.5. The molecule has 1 aromatic carbocycles.